The Morgan fingerprint density at radius 2 is 1.85 bits per heavy atom. The molecule has 4 nitrogen and oxygen atoms in total. The lowest BCUT2D eigenvalue weighted by atomic mass is 10.3. The number of carbonyl (C=O) groups excluding carboxylic acids is 1. The average molecular weight is 184 g/mol. The summed E-state index contributed by atoms with van der Waals surface area (Å²) < 4.78 is 4.97. The van der Waals surface area contributed by atoms with Crippen molar-refractivity contribution in [3.63, 3.8) is 0 Å². The van der Waals surface area contributed by atoms with Gasteiger partial charge >= 0.3 is 11.9 Å². The van der Waals surface area contributed by atoms with Crippen molar-refractivity contribution in [2.45, 2.75) is 31.8 Å². The number of rotatable bonds is 3. The maximum Gasteiger partial charge on any atom is 0.331 e. The fraction of sp³-hybridized carbons (Fsp3) is 0.556. The van der Waals surface area contributed by atoms with Gasteiger partial charge in [0.15, 0.2) is 0 Å². The maximum atomic E-state index is 10.9. The largest absolute Gasteiger partial charge is 0.478 e. The summed E-state index contributed by atoms with van der Waals surface area (Å²) in [6.45, 7) is 0. The highest BCUT2D eigenvalue weighted by molar-refractivity contribution is 5.90. The minimum absolute atomic E-state index is 0.00838. The molecule has 4 heteroatoms. The molecule has 0 amide bonds. The molecule has 0 heterocycles. The van der Waals surface area contributed by atoms with Crippen molar-refractivity contribution in [2.24, 2.45) is 0 Å². The van der Waals surface area contributed by atoms with Crippen LogP contribution in [0.1, 0.15) is 25.7 Å². The van der Waals surface area contributed by atoms with Gasteiger partial charge in [-0.05, 0) is 25.7 Å². The van der Waals surface area contributed by atoms with Crippen molar-refractivity contribution < 1.29 is 19.4 Å². The van der Waals surface area contributed by atoms with Gasteiger partial charge in [-0.15, -0.1) is 0 Å². The van der Waals surface area contributed by atoms with Gasteiger partial charge in [0.25, 0.3) is 0 Å². The van der Waals surface area contributed by atoms with Crippen LogP contribution in [0.15, 0.2) is 12.2 Å². The molecule has 1 aliphatic rings. The lowest BCUT2D eigenvalue weighted by molar-refractivity contribution is -0.143. The van der Waals surface area contributed by atoms with E-state index in [1.807, 2.05) is 0 Å². The summed E-state index contributed by atoms with van der Waals surface area (Å²) in [7, 11) is 0. The molecule has 72 valence electrons. The molecule has 0 saturated heterocycles. The minimum Gasteiger partial charge on any atom is -0.478 e. The SMILES string of the molecule is O=C(O)/C=C\C(=O)OC1CCCC1. The summed E-state index contributed by atoms with van der Waals surface area (Å²) in [5.41, 5.74) is 0. The third kappa shape index (κ3) is 3.73. The molecule has 0 aliphatic heterocycles. The number of hydrogen-bond acceptors (Lipinski definition) is 3. The molecule has 0 aromatic heterocycles. The fourth-order valence-corrected chi connectivity index (χ4v) is 1.35. The Labute approximate surface area is 76.2 Å². The molecular weight excluding hydrogens is 172 g/mol. The third-order valence-electron chi connectivity index (χ3n) is 1.95. The van der Waals surface area contributed by atoms with E-state index < -0.39 is 11.9 Å². The van der Waals surface area contributed by atoms with Gasteiger partial charge in [-0.1, -0.05) is 0 Å². The molecule has 1 aliphatic carbocycles. The van der Waals surface area contributed by atoms with Crippen molar-refractivity contribution in [2.75, 3.05) is 0 Å². The highest BCUT2D eigenvalue weighted by Gasteiger charge is 2.17. The zero-order valence-corrected chi connectivity index (χ0v) is 7.23. The van der Waals surface area contributed by atoms with Crippen molar-refractivity contribution >= 4 is 11.9 Å². The Hall–Kier alpha value is -1.32. The number of esters is 1. The van der Waals surface area contributed by atoms with Crippen LogP contribution in [0.5, 0.6) is 0 Å². The summed E-state index contributed by atoms with van der Waals surface area (Å²) in [5.74, 6) is -1.70. The Morgan fingerprint density at radius 1 is 1.23 bits per heavy atom. The average Bonchev–Trinajstić information content (AvgIpc) is 2.53. The molecular formula is C9H12O4. The normalized spacial score (nSPS) is 17.8. The third-order valence-corrected chi connectivity index (χ3v) is 1.95. The smallest absolute Gasteiger partial charge is 0.331 e. The monoisotopic (exact) mass is 184 g/mol. The lowest BCUT2D eigenvalue weighted by Gasteiger charge is -2.08. The molecule has 1 saturated carbocycles. The number of carboxylic acid groups (broad SMARTS) is 1. The number of ether oxygens (including phenoxy) is 1. The minimum atomic E-state index is -1.14. The summed E-state index contributed by atoms with van der Waals surface area (Å²) in [6.07, 6.45) is 5.68. The molecule has 0 atom stereocenters. The van der Waals surface area contributed by atoms with E-state index in [2.05, 4.69) is 0 Å². The Balaban J connectivity index is 2.28. The first kappa shape index (κ1) is 9.77. The van der Waals surface area contributed by atoms with Gasteiger partial charge in [-0.25, -0.2) is 9.59 Å². The summed E-state index contributed by atoms with van der Waals surface area (Å²) in [5, 5.41) is 8.23. The predicted molar refractivity (Wildman–Crippen MR) is 45.1 cm³/mol. The van der Waals surface area contributed by atoms with E-state index >= 15 is 0 Å². The first-order valence-electron chi connectivity index (χ1n) is 4.30. The van der Waals surface area contributed by atoms with Crippen molar-refractivity contribution in [1.82, 2.24) is 0 Å². The molecule has 0 aromatic carbocycles. The molecule has 0 aromatic rings. The molecule has 1 N–H and O–H groups in total. The Bertz CT molecular complexity index is 226. The Kier molecular flexibility index (Phi) is 3.49. The summed E-state index contributed by atoms with van der Waals surface area (Å²) in [4.78, 5) is 21.0. The van der Waals surface area contributed by atoms with Gasteiger partial charge in [-0.3, -0.25) is 0 Å². The van der Waals surface area contributed by atoms with E-state index in [-0.39, 0.29) is 6.10 Å². The zero-order valence-electron chi connectivity index (χ0n) is 7.23. The van der Waals surface area contributed by atoms with Crippen molar-refractivity contribution in [3.05, 3.63) is 12.2 Å². The number of aliphatic carboxylic acids is 1. The van der Waals surface area contributed by atoms with Crippen LogP contribution in [0.25, 0.3) is 0 Å². The quantitative estimate of drug-likeness (QED) is 0.527. The van der Waals surface area contributed by atoms with E-state index in [1.165, 1.54) is 0 Å². The molecule has 0 radical (unpaired) electrons. The van der Waals surface area contributed by atoms with Gasteiger partial charge in [0.2, 0.25) is 0 Å². The van der Waals surface area contributed by atoms with Crippen LogP contribution in [-0.2, 0) is 14.3 Å². The van der Waals surface area contributed by atoms with Gasteiger partial charge in [0, 0.05) is 12.2 Å². The van der Waals surface area contributed by atoms with E-state index in [0.29, 0.717) is 0 Å². The van der Waals surface area contributed by atoms with Crippen LogP contribution in [0, 0.1) is 0 Å². The van der Waals surface area contributed by atoms with Crippen LogP contribution in [0.3, 0.4) is 0 Å². The maximum absolute atomic E-state index is 10.9. The van der Waals surface area contributed by atoms with Gasteiger partial charge in [0.1, 0.15) is 6.10 Å². The van der Waals surface area contributed by atoms with Crippen LogP contribution in [0.2, 0.25) is 0 Å². The van der Waals surface area contributed by atoms with Gasteiger partial charge in [0.05, 0.1) is 0 Å². The first-order valence-corrected chi connectivity index (χ1v) is 4.30. The zero-order chi connectivity index (χ0) is 9.68. The van der Waals surface area contributed by atoms with E-state index in [0.717, 1.165) is 37.8 Å². The van der Waals surface area contributed by atoms with Crippen LogP contribution < -0.4 is 0 Å². The molecule has 0 bridgehead atoms. The highest BCUT2D eigenvalue weighted by Crippen LogP contribution is 2.20. The van der Waals surface area contributed by atoms with E-state index in [9.17, 15) is 9.59 Å². The fourth-order valence-electron chi connectivity index (χ4n) is 1.35. The molecule has 0 spiro atoms. The number of carbonyl (C=O) groups is 2. The molecule has 1 rings (SSSR count). The van der Waals surface area contributed by atoms with E-state index in [4.69, 9.17) is 9.84 Å². The van der Waals surface area contributed by atoms with Crippen LogP contribution in [-0.4, -0.2) is 23.1 Å². The second-order valence-electron chi connectivity index (χ2n) is 3.01. The van der Waals surface area contributed by atoms with Crippen LogP contribution >= 0.6 is 0 Å². The summed E-state index contributed by atoms with van der Waals surface area (Å²) in [6, 6.07) is 0. The highest BCUT2D eigenvalue weighted by atomic mass is 16.5. The second kappa shape index (κ2) is 4.64. The number of hydrogen-bond donors (Lipinski definition) is 1. The topological polar surface area (TPSA) is 63.6 Å². The van der Waals surface area contributed by atoms with Crippen molar-refractivity contribution in [3.8, 4) is 0 Å². The van der Waals surface area contributed by atoms with Crippen molar-refractivity contribution in [1.29, 1.82) is 0 Å². The number of carboxylic acids is 1. The Morgan fingerprint density at radius 3 is 2.38 bits per heavy atom. The van der Waals surface area contributed by atoms with Crippen LogP contribution in [0.4, 0.5) is 0 Å². The van der Waals surface area contributed by atoms with Gasteiger partial charge in [-0.2, -0.15) is 0 Å². The van der Waals surface area contributed by atoms with Gasteiger partial charge < -0.3 is 9.84 Å². The molecule has 0 unspecified atom stereocenters. The first-order chi connectivity index (χ1) is 6.18. The lowest BCUT2D eigenvalue weighted by Crippen LogP contribution is -2.12. The predicted octanol–water partition coefficient (Wildman–Crippen LogP) is 1.11. The summed E-state index contributed by atoms with van der Waals surface area (Å²) >= 11 is 0. The standard InChI is InChI=1S/C9H12O4/c10-8(11)5-6-9(12)13-7-3-1-2-4-7/h5-7H,1-4H2,(H,10,11)/b6-5-. The molecule has 13 heavy (non-hydrogen) atoms. The second-order valence-corrected chi connectivity index (χ2v) is 3.01. The molecule has 1 fully saturated rings. The van der Waals surface area contributed by atoms with E-state index in [1.54, 1.807) is 0 Å².